The van der Waals surface area contributed by atoms with Crippen molar-refractivity contribution in [2.24, 2.45) is 0 Å². The number of hydrogen-bond donors (Lipinski definition) is 1. The van der Waals surface area contributed by atoms with E-state index in [2.05, 4.69) is 55.0 Å². The van der Waals surface area contributed by atoms with Crippen molar-refractivity contribution in [3.05, 3.63) is 87.3 Å². The summed E-state index contributed by atoms with van der Waals surface area (Å²) in [5.41, 5.74) is 9.39. The Morgan fingerprint density at radius 3 is 2.23 bits per heavy atom. The van der Waals surface area contributed by atoms with Gasteiger partial charge in [0.15, 0.2) is 11.5 Å². The van der Waals surface area contributed by atoms with E-state index < -0.39 is 0 Å². The lowest BCUT2D eigenvalue weighted by atomic mass is 9.87. The number of halogens is 2. The van der Waals surface area contributed by atoms with E-state index in [4.69, 9.17) is 28.9 Å². The molecule has 0 atom stereocenters. The first kappa shape index (κ1) is 23.0. The van der Waals surface area contributed by atoms with Gasteiger partial charge in [-0.15, -0.1) is 0 Å². The highest BCUT2D eigenvalue weighted by Gasteiger charge is 2.21. The van der Waals surface area contributed by atoms with Crippen LogP contribution in [0.25, 0.3) is 0 Å². The number of hydrogen-bond acceptors (Lipinski definition) is 4. The fourth-order valence-electron chi connectivity index (χ4n) is 3.21. The van der Waals surface area contributed by atoms with Gasteiger partial charge >= 0.3 is 0 Å². The fourth-order valence-corrected chi connectivity index (χ4v) is 3.53. The normalized spacial score (nSPS) is 11.4. The summed E-state index contributed by atoms with van der Waals surface area (Å²) < 4.78 is 0. The molecule has 1 heterocycles. The molecule has 0 aliphatic carbocycles. The number of anilines is 1. The second-order valence-corrected chi connectivity index (χ2v) is 9.28. The minimum absolute atomic E-state index is 0.0654. The van der Waals surface area contributed by atoms with Crippen molar-refractivity contribution in [3.63, 3.8) is 0 Å². The molecule has 1 amide bonds. The maximum atomic E-state index is 13.2. The number of amides is 1. The van der Waals surface area contributed by atoms with E-state index in [1.54, 1.807) is 11.0 Å². The van der Waals surface area contributed by atoms with Gasteiger partial charge in [0.2, 0.25) is 0 Å². The lowest BCUT2D eigenvalue weighted by Gasteiger charge is -2.24. The molecule has 2 N–H and O–H groups in total. The smallest absolute Gasteiger partial charge is 0.276 e. The van der Waals surface area contributed by atoms with Crippen LogP contribution in [-0.2, 0) is 18.4 Å². The zero-order valence-electron chi connectivity index (χ0n) is 17.9. The molecule has 0 radical (unpaired) electrons. The summed E-state index contributed by atoms with van der Waals surface area (Å²) in [6.07, 6.45) is 3.55. The maximum Gasteiger partial charge on any atom is 0.276 e. The quantitative estimate of drug-likeness (QED) is 0.527. The minimum Gasteiger partial charge on any atom is -0.382 e. The first-order valence-electron chi connectivity index (χ1n) is 10.0. The van der Waals surface area contributed by atoms with Crippen LogP contribution in [0, 0.1) is 0 Å². The van der Waals surface area contributed by atoms with Gasteiger partial charge < -0.3 is 10.6 Å². The summed E-state index contributed by atoms with van der Waals surface area (Å²) >= 11 is 12.2. The van der Waals surface area contributed by atoms with E-state index >= 15 is 0 Å². The van der Waals surface area contributed by atoms with Crippen molar-refractivity contribution >= 4 is 34.9 Å². The molecule has 0 fully saturated rings. The first-order chi connectivity index (χ1) is 14.6. The van der Waals surface area contributed by atoms with Crippen molar-refractivity contribution < 1.29 is 4.79 Å². The molecule has 3 aromatic rings. The van der Waals surface area contributed by atoms with Crippen LogP contribution in [0.15, 0.2) is 54.9 Å². The molecule has 162 valence electrons. The Morgan fingerprint density at radius 1 is 0.968 bits per heavy atom. The summed E-state index contributed by atoms with van der Waals surface area (Å²) in [5.74, 6) is -0.138. The van der Waals surface area contributed by atoms with Gasteiger partial charge in [-0.3, -0.25) is 4.79 Å². The van der Waals surface area contributed by atoms with Gasteiger partial charge in [0.1, 0.15) is 0 Å². The van der Waals surface area contributed by atoms with Crippen LogP contribution in [0.3, 0.4) is 0 Å². The molecule has 0 saturated heterocycles. The van der Waals surface area contributed by atoms with E-state index in [1.807, 2.05) is 12.1 Å². The van der Waals surface area contributed by atoms with Gasteiger partial charge in [0.25, 0.3) is 5.91 Å². The van der Waals surface area contributed by atoms with Gasteiger partial charge in [-0.2, -0.15) is 0 Å². The number of benzene rings is 2. The molecule has 31 heavy (non-hydrogen) atoms. The second-order valence-electron chi connectivity index (χ2n) is 8.46. The maximum absolute atomic E-state index is 13.2. The van der Waals surface area contributed by atoms with Crippen LogP contribution >= 0.6 is 23.2 Å². The Bertz CT molecular complexity index is 1060. The Morgan fingerprint density at radius 2 is 1.61 bits per heavy atom. The molecule has 1 aromatic heterocycles. The zero-order valence-corrected chi connectivity index (χ0v) is 19.4. The third kappa shape index (κ3) is 5.96. The molecule has 0 unspecified atom stereocenters. The molecule has 0 spiro atoms. The largest absolute Gasteiger partial charge is 0.382 e. The molecule has 0 bridgehead atoms. The van der Waals surface area contributed by atoms with Gasteiger partial charge in [-0.1, -0.05) is 74.3 Å². The highest BCUT2D eigenvalue weighted by molar-refractivity contribution is 6.42. The van der Waals surface area contributed by atoms with Gasteiger partial charge in [0, 0.05) is 25.5 Å². The predicted molar refractivity (Wildman–Crippen MR) is 126 cm³/mol. The van der Waals surface area contributed by atoms with Gasteiger partial charge in [0.05, 0.1) is 10.0 Å². The van der Waals surface area contributed by atoms with E-state index in [0.717, 1.165) is 11.1 Å². The molecular formula is C24H26Cl2N4O. The van der Waals surface area contributed by atoms with Gasteiger partial charge in [-0.25, -0.2) is 9.97 Å². The Labute approximate surface area is 193 Å². The molecule has 0 aliphatic rings. The third-order valence-corrected chi connectivity index (χ3v) is 5.80. The molecular weight excluding hydrogens is 431 g/mol. The number of carbonyl (C=O) groups excluding carboxylic acids is 1. The van der Waals surface area contributed by atoms with Crippen LogP contribution in [0.4, 0.5) is 5.82 Å². The van der Waals surface area contributed by atoms with Crippen LogP contribution < -0.4 is 5.73 Å². The summed E-state index contributed by atoms with van der Waals surface area (Å²) in [6, 6.07) is 13.8. The van der Waals surface area contributed by atoms with Crippen molar-refractivity contribution in [3.8, 4) is 0 Å². The van der Waals surface area contributed by atoms with Crippen LogP contribution in [0.5, 0.6) is 0 Å². The minimum atomic E-state index is -0.259. The lowest BCUT2D eigenvalue weighted by Crippen LogP contribution is -2.33. The zero-order chi connectivity index (χ0) is 22.6. The molecule has 3 rings (SSSR count). The van der Waals surface area contributed by atoms with E-state index in [9.17, 15) is 4.79 Å². The number of nitrogens with zero attached hydrogens (tertiary/aromatic N) is 3. The first-order valence-corrected chi connectivity index (χ1v) is 10.8. The molecule has 0 aliphatic heterocycles. The number of rotatable bonds is 6. The third-order valence-electron chi connectivity index (χ3n) is 5.06. The summed E-state index contributed by atoms with van der Waals surface area (Å²) in [7, 11) is 0. The van der Waals surface area contributed by atoms with Crippen LogP contribution in [-0.4, -0.2) is 27.3 Å². The molecule has 2 aromatic carbocycles. The highest BCUT2D eigenvalue weighted by Crippen LogP contribution is 2.24. The molecule has 5 nitrogen and oxygen atoms in total. The average molecular weight is 457 g/mol. The van der Waals surface area contributed by atoms with Crippen molar-refractivity contribution in [1.29, 1.82) is 0 Å². The van der Waals surface area contributed by atoms with Crippen molar-refractivity contribution in [2.45, 2.75) is 39.2 Å². The summed E-state index contributed by atoms with van der Waals surface area (Å²) in [5, 5.41) is 0.998. The monoisotopic (exact) mass is 456 g/mol. The topological polar surface area (TPSA) is 72.1 Å². The standard InChI is InChI=1S/C24H26Cl2N4O/c1-24(2,3)18-7-4-17(5-8-18)15-30(23(31)21-22(27)29-12-11-28-21)13-10-16-6-9-19(25)20(26)14-16/h4-9,11-12,14H,10,13,15H2,1-3H3,(H2,27,29). The molecule has 0 saturated carbocycles. The number of nitrogens with two attached hydrogens (primary N) is 1. The van der Waals surface area contributed by atoms with Crippen LogP contribution in [0.2, 0.25) is 10.0 Å². The summed E-state index contributed by atoms with van der Waals surface area (Å²) in [4.78, 5) is 23.1. The van der Waals surface area contributed by atoms with E-state index in [1.165, 1.54) is 18.0 Å². The summed E-state index contributed by atoms with van der Waals surface area (Å²) in [6.45, 7) is 7.41. The Hall–Kier alpha value is -2.63. The van der Waals surface area contributed by atoms with Crippen molar-refractivity contribution in [2.75, 3.05) is 12.3 Å². The predicted octanol–water partition coefficient (Wildman–Crippen LogP) is 5.55. The number of nitrogen functional groups attached to an aromatic ring is 1. The van der Waals surface area contributed by atoms with E-state index in [-0.39, 0.29) is 22.8 Å². The molecule has 7 heteroatoms. The number of aromatic nitrogens is 2. The SMILES string of the molecule is CC(C)(C)c1ccc(CN(CCc2ccc(Cl)c(Cl)c2)C(=O)c2nccnc2N)cc1. The van der Waals surface area contributed by atoms with Gasteiger partial charge in [-0.05, 0) is 40.7 Å². The van der Waals surface area contributed by atoms with Crippen molar-refractivity contribution in [1.82, 2.24) is 14.9 Å². The number of carbonyl (C=O) groups is 1. The van der Waals surface area contributed by atoms with E-state index in [0.29, 0.717) is 29.6 Å². The van der Waals surface area contributed by atoms with Crippen LogP contribution in [0.1, 0.15) is 48.0 Å². The Kier molecular flexibility index (Phi) is 7.19. The fraction of sp³-hybridized carbons (Fsp3) is 0.292. The second kappa shape index (κ2) is 9.67. The highest BCUT2D eigenvalue weighted by atomic mass is 35.5. The average Bonchev–Trinajstić information content (AvgIpc) is 2.73. The Balaban J connectivity index is 1.83. The lowest BCUT2D eigenvalue weighted by molar-refractivity contribution is 0.0740.